The molecular formula is C25H22Cl2N2O3. The second kappa shape index (κ2) is 9.23. The van der Waals surface area contributed by atoms with Crippen molar-refractivity contribution < 1.29 is 13.9 Å². The van der Waals surface area contributed by atoms with Crippen molar-refractivity contribution in [2.75, 3.05) is 0 Å². The number of aryl methyl sites for hydroxylation is 2. The zero-order valence-corrected chi connectivity index (χ0v) is 19.4. The Labute approximate surface area is 196 Å². The molecule has 0 bridgehead atoms. The van der Waals surface area contributed by atoms with E-state index in [2.05, 4.69) is 24.1 Å². The average Bonchev–Trinajstić information content (AvgIpc) is 3.17. The number of carbonyl (C=O) groups excluding carboxylic acids is 1. The van der Waals surface area contributed by atoms with Crippen LogP contribution >= 0.6 is 23.2 Å². The first-order valence-corrected chi connectivity index (χ1v) is 10.9. The van der Waals surface area contributed by atoms with Crippen LogP contribution in [0.2, 0.25) is 10.0 Å². The molecule has 5 nitrogen and oxygen atoms in total. The molecule has 1 amide bonds. The number of amides is 1. The Balaban J connectivity index is 1.38. The molecule has 0 saturated heterocycles. The van der Waals surface area contributed by atoms with Crippen LogP contribution in [0.3, 0.4) is 0 Å². The molecule has 0 radical (unpaired) electrons. The molecule has 0 aliphatic carbocycles. The average molecular weight is 469 g/mol. The van der Waals surface area contributed by atoms with Crippen LogP contribution < -0.4 is 10.1 Å². The van der Waals surface area contributed by atoms with E-state index >= 15 is 0 Å². The Bertz CT molecular complexity index is 1240. The fourth-order valence-electron chi connectivity index (χ4n) is 3.22. The summed E-state index contributed by atoms with van der Waals surface area (Å²) >= 11 is 12.0. The molecule has 0 saturated carbocycles. The third-order valence-electron chi connectivity index (χ3n) is 5.24. The van der Waals surface area contributed by atoms with Crippen molar-refractivity contribution in [2.24, 2.45) is 0 Å². The fourth-order valence-corrected chi connectivity index (χ4v) is 3.67. The summed E-state index contributed by atoms with van der Waals surface area (Å²) in [6.45, 7) is 6.14. The molecule has 1 unspecified atom stereocenters. The Morgan fingerprint density at radius 2 is 1.78 bits per heavy atom. The van der Waals surface area contributed by atoms with Crippen molar-refractivity contribution in [2.45, 2.75) is 33.4 Å². The molecular weight excluding hydrogens is 447 g/mol. The Morgan fingerprint density at radius 1 is 1.06 bits per heavy atom. The van der Waals surface area contributed by atoms with Gasteiger partial charge in [-0.25, -0.2) is 4.98 Å². The summed E-state index contributed by atoms with van der Waals surface area (Å²) < 4.78 is 11.6. The van der Waals surface area contributed by atoms with Crippen LogP contribution in [0.15, 0.2) is 59.0 Å². The number of ether oxygens (including phenoxy) is 1. The molecule has 1 N–H and O–H groups in total. The molecule has 1 heterocycles. The van der Waals surface area contributed by atoms with Crippen LogP contribution in [0.5, 0.6) is 5.75 Å². The largest absolute Gasteiger partial charge is 0.479 e. The summed E-state index contributed by atoms with van der Waals surface area (Å²) in [6, 6.07) is 16.6. The normalized spacial score (nSPS) is 12.0. The van der Waals surface area contributed by atoms with E-state index in [0.29, 0.717) is 28.2 Å². The van der Waals surface area contributed by atoms with Gasteiger partial charge in [0, 0.05) is 17.1 Å². The summed E-state index contributed by atoms with van der Waals surface area (Å²) in [5.74, 6) is 0.735. The molecule has 7 heteroatoms. The zero-order valence-electron chi connectivity index (χ0n) is 17.9. The second-order valence-electron chi connectivity index (χ2n) is 7.67. The van der Waals surface area contributed by atoms with E-state index in [0.717, 1.165) is 22.2 Å². The van der Waals surface area contributed by atoms with Gasteiger partial charge in [-0.3, -0.25) is 4.79 Å². The smallest absolute Gasteiger partial charge is 0.261 e. The molecule has 0 spiro atoms. The summed E-state index contributed by atoms with van der Waals surface area (Å²) in [5, 5.41) is 3.73. The lowest BCUT2D eigenvalue weighted by atomic mass is 10.1. The number of hydrogen-bond acceptors (Lipinski definition) is 4. The van der Waals surface area contributed by atoms with Crippen molar-refractivity contribution in [1.29, 1.82) is 0 Å². The number of aromatic nitrogens is 1. The molecule has 1 atom stereocenters. The van der Waals surface area contributed by atoms with E-state index in [1.807, 2.05) is 36.4 Å². The molecule has 1 aromatic heterocycles. The van der Waals surface area contributed by atoms with Gasteiger partial charge in [-0.05, 0) is 79.9 Å². The van der Waals surface area contributed by atoms with E-state index in [9.17, 15) is 4.79 Å². The van der Waals surface area contributed by atoms with Gasteiger partial charge < -0.3 is 14.5 Å². The van der Waals surface area contributed by atoms with Crippen molar-refractivity contribution in [3.05, 3.63) is 81.3 Å². The maximum Gasteiger partial charge on any atom is 0.261 e. The first-order valence-electron chi connectivity index (χ1n) is 10.2. The van der Waals surface area contributed by atoms with E-state index in [1.54, 1.807) is 25.1 Å². The van der Waals surface area contributed by atoms with Crippen molar-refractivity contribution in [1.82, 2.24) is 10.3 Å². The minimum Gasteiger partial charge on any atom is -0.479 e. The van der Waals surface area contributed by atoms with Gasteiger partial charge in [0.1, 0.15) is 11.3 Å². The highest BCUT2D eigenvalue weighted by molar-refractivity contribution is 6.35. The highest BCUT2D eigenvalue weighted by Crippen LogP contribution is 2.29. The quantitative estimate of drug-likeness (QED) is 0.350. The number of halogens is 2. The van der Waals surface area contributed by atoms with E-state index in [4.69, 9.17) is 32.4 Å². The summed E-state index contributed by atoms with van der Waals surface area (Å²) in [6.07, 6.45) is -0.709. The number of nitrogens with zero attached hydrogens (tertiary/aromatic N) is 1. The third kappa shape index (κ3) is 4.90. The van der Waals surface area contributed by atoms with Gasteiger partial charge in [0.05, 0.1) is 5.02 Å². The Morgan fingerprint density at radius 3 is 2.50 bits per heavy atom. The number of benzene rings is 3. The van der Waals surface area contributed by atoms with Crippen LogP contribution in [-0.4, -0.2) is 17.0 Å². The van der Waals surface area contributed by atoms with Crippen molar-refractivity contribution in [3.63, 3.8) is 0 Å². The summed E-state index contributed by atoms with van der Waals surface area (Å²) in [7, 11) is 0. The van der Waals surface area contributed by atoms with Gasteiger partial charge >= 0.3 is 0 Å². The molecule has 0 aliphatic rings. The minimum absolute atomic E-state index is 0.246. The number of nitrogens with one attached hydrogen (secondary N) is 1. The molecule has 0 aliphatic heterocycles. The van der Waals surface area contributed by atoms with Gasteiger partial charge in [-0.2, -0.15) is 0 Å². The Hall–Kier alpha value is -3.02. The number of fused-ring (bicyclic) bond motifs is 1. The predicted molar refractivity (Wildman–Crippen MR) is 127 cm³/mol. The maximum atomic E-state index is 12.4. The highest BCUT2D eigenvalue weighted by atomic mass is 35.5. The van der Waals surface area contributed by atoms with Gasteiger partial charge in [0.15, 0.2) is 11.7 Å². The molecule has 4 rings (SSSR count). The molecule has 0 fully saturated rings. The first kappa shape index (κ1) is 22.2. The lowest BCUT2D eigenvalue weighted by molar-refractivity contribution is -0.127. The first-order chi connectivity index (χ1) is 15.3. The van der Waals surface area contributed by atoms with E-state index in [1.165, 1.54) is 11.1 Å². The number of oxazole rings is 1. The van der Waals surface area contributed by atoms with Gasteiger partial charge in [0.2, 0.25) is 5.89 Å². The van der Waals surface area contributed by atoms with Crippen LogP contribution in [-0.2, 0) is 11.3 Å². The van der Waals surface area contributed by atoms with Crippen LogP contribution in [0, 0.1) is 13.8 Å². The van der Waals surface area contributed by atoms with Gasteiger partial charge in [-0.1, -0.05) is 35.3 Å². The Kier molecular flexibility index (Phi) is 6.40. The van der Waals surface area contributed by atoms with Gasteiger partial charge in [0.25, 0.3) is 5.91 Å². The standard InChI is InChI=1S/C25H22Cl2N2O3/c1-14-10-21-23(11-15(14)2)32-25(29-21)18-6-4-17(5-7-18)13-28-24(30)16(3)31-22-9-8-19(26)12-20(22)27/h4-12,16H,13H2,1-3H3,(H,28,30). The molecule has 32 heavy (non-hydrogen) atoms. The maximum absolute atomic E-state index is 12.4. The SMILES string of the molecule is Cc1cc2nc(-c3ccc(CNC(=O)C(C)Oc4ccc(Cl)cc4Cl)cc3)oc2cc1C. The van der Waals surface area contributed by atoms with E-state index < -0.39 is 6.10 Å². The van der Waals surface area contributed by atoms with Crippen LogP contribution in [0.1, 0.15) is 23.6 Å². The number of hydrogen-bond donors (Lipinski definition) is 1. The fraction of sp³-hybridized carbons (Fsp3) is 0.200. The summed E-state index contributed by atoms with van der Waals surface area (Å²) in [5.41, 5.74) is 5.79. The zero-order chi connectivity index (χ0) is 22.8. The molecule has 4 aromatic rings. The highest BCUT2D eigenvalue weighted by Gasteiger charge is 2.16. The van der Waals surface area contributed by atoms with E-state index in [-0.39, 0.29) is 5.91 Å². The van der Waals surface area contributed by atoms with Crippen LogP contribution in [0.25, 0.3) is 22.6 Å². The summed E-state index contributed by atoms with van der Waals surface area (Å²) in [4.78, 5) is 17.0. The molecule has 164 valence electrons. The lowest BCUT2D eigenvalue weighted by Gasteiger charge is -2.16. The predicted octanol–water partition coefficient (Wildman–Crippen LogP) is 6.50. The van der Waals surface area contributed by atoms with Gasteiger partial charge in [-0.15, -0.1) is 0 Å². The minimum atomic E-state index is -0.709. The number of carbonyl (C=O) groups is 1. The van der Waals surface area contributed by atoms with Crippen molar-refractivity contribution in [3.8, 4) is 17.2 Å². The van der Waals surface area contributed by atoms with Crippen molar-refractivity contribution >= 4 is 40.2 Å². The monoisotopic (exact) mass is 468 g/mol. The lowest BCUT2D eigenvalue weighted by Crippen LogP contribution is -2.35. The molecule has 3 aromatic carbocycles. The third-order valence-corrected chi connectivity index (χ3v) is 5.77. The van der Waals surface area contributed by atoms with Crippen LogP contribution in [0.4, 0.5) is 0 Å². The topological polar surface area (TPSA) is 64.4 Å². The number of rotatable bonds is 6. The second-order valence-corrected chi connectivity index (χ2v) is 8.52.